The summed E-state index contributed by atoms with van der Waals surface area (Å²) in [5.41, 5.74) is 0.233. The van der Waals surface area contributed by atoms with Crippen molar-refractivity contribution in [3.63, 3.8) is 0 Å². The van der Waals surface area contributed by atoms with Crippen LogP contribution in [0.1, 0.15) is 19.8 Å². The Morgan fingerprint density at radius 1 is 1.10 bits per heavy atom. The fourth-order valence-corrected chi connectivity index (χ4v) is 4.43. The summed E-state index contributed by atoms with van der Waals surface area (Å²) < 4.78 is 29.6. The standard InChI is InChI=1S/C21H20ClF2N5OS/c1-13(19(30)25-18-15(23)8-6-9-16(18)24)31-21-27-26-20(28-11-4-5-12-28)29(21)17-10-3-2-7-14(17)22/h2-3,6-10,13H,4-5,11-12H2,1H3,(H,25,30). The van der Waals surface area contributed by atoms with Gasteiger partial charge in [-0.3, -0.25) is 9.36 Å². The van der Waals surface area contributed by atoms with Crippen LogP contribution < -0.4 is 10.2 Å². The Balaban J connectivity index is 1.62. The number of amides is 1. The summed E-state index contributed by atoms with van der Waals surface area (Å²) in [4.78, 5) is 14.8. The molecule has 10 heteroatoms. The number of anilines is 2. The molecule has 2 heterocycles. The topological polar surface area (TPSA) is 63.1 Å². The smallest absolute Gasteiger partial charge is 0.237 e. The van der Waals surface area contributed by atoms with E-state index in [2.05, 4.69) is 20.4 Å². The Morgan fingerprint density at radius 2 is 1.77 bits per heavy atom. The van der Waals surface area contributed by atoms with Crippen molar-refractivity contribution in [2.24, 2.45) is 0 Å². The van der Waals surface area contributed by atoms with E-state index in [1.807, 2.05) is 22.8 Å². The molecule has 1 aliphatic heterocycles. The third-order valence-corrected chi connectivity index (χ3v) is 6.32. The molecule has 162 valence electrons. The molecule has 3 aromatic rings. The first-order valence-corrected chi connectivity index (χ1v) is 11.1. The van der Waals surface area contributed by atoms with Crippen LogP contribution in [0.3, 0.4) is 0 Å². The summed E-state index contributed by atoms with van der Waals surface area (Å²) in [5, 5.41) is 11.3. The van der Waals surface area contributed by atoms with Crippen LogP contribution >= 0.6 is 23.4 Å². The lowest BCUT2D eigenvalue weighted by molar-refractivity contribution is -0.115. The van der Waals surface area contributed by atoms with Gasteiger partial charge in [0.05, 0.1) is 16.0 Å². The van der Waals surface area contributed by atoms with Crippen LogP contribution in [0.2, 0.25) is 5.02 Å². The van der Waals surface area contributed by atoms with E-state index in [1.54, 1.807) is 13.0 Å². The quantitative estimate of drug-likeness (QED) is 0.526. The van der Waals surface area contributed by atoms with E-state index in [4.69, 9.17) is 11.6 Å². The van der Waals surface area contributed by atoms with Crippen LogP contribution in [0.5, 0.6) is 0 Å². The summed E-state index contributed by atoms with van der Waals surface area (Å²) in [5.74, 6) is -1.56. The first-order valence-electron chi connectivity index (χ1n) is 9.82. The highest BCUT2D eigenvalue weighted by molar-refractivity contribution is 8.00. The summed E-state index contributed by atoms with van der Waals surface area (Å²) in [6.45, 7) is 3.35. The van der Waals surface area contributed by atoms with E-state index in [0.29, 0.717) is 21.8 Å². The molecule has 1 N–H and O–H groups in total. The third kappa shape index (κ3) is 4.52. The number of carbonyl (C=O) groups is 1. The van der Waals surface area contributed by atoms with Crippen LogP contribution in [0.15, 0.2) is 47.6 Å². The minimum Gasteiger partial charge on any atom is -0.341 e. The van der Waals surface area contributed by atoms with E-state index in [1.165, 1.54) is 6.07 Å². The second kappa shape index (κ2) is 9.23. The largest absolute Gasteiger partial charge is 0.341 e. The van der Waals surface area contributed by atoms with Gasteiger partial charge in [0.25, 0.3) is 0 Å². The maximum atomic E-state index is 13.9. The van der Waals surface area contributed by atoms with E-state index < -0.39 is 28.5 Å². The molecule has 0 spiro atoms. The van der Waals surface area contributed by atoms with Gasteiger partial charge in [0.15, 0.2) is 5.16 Å². The Hall–Kier alpha value is -2.65. The molecule has 1 aliphatic rings. The molecule has 0 aliphatic carbocycles. The highest BCUT2D eigenvalue weighted by atomic mass is 35.5. The second-order valence-corrected chi connectivity index (χ2v) is 8.82. The summed E-state index contributed by atoms with van der Waals surface area (Å²) >= 11 is 7.58. The molecular formula is C21H20ClF2N5OS. The van der Waals surface area contributed by atoms with Gasteiger partial charge in [-0.25, -0.2) is 8.78 Å². The number of carbonyl (C=O) groups excluding carboxylic acids is 1. The Bertz CT molecular complexity index is 1080. The molecule has 0 bridgehead atoms. The number of aromatic nitrogens is 3. The number of benzene rings is 2. The van der Waals surface area contributed by atoms with Crippen LogP contribution in [0, 0.1) is 11.6 Å². The van der Waals surface area contributed by atoms with Crippen molar-refractivity contribution in [3.8, 4) is 5.69 Å². The Labute approximate surface area is 187 Å². The molecule has 4 rings (SSSR count). The van der Waals surface area contributed by atoms with Crippen molar-refractivity contribution in [1.29, 1.82) is 0 Å². The first-order chi connectivity index (χ1) is 15.0. The zero-order chi connectivity index (χ0) is 22.0. The van der Waals surface area contributed by atoms with Gasteiger partial charge < -0.3 is 10.2 Å². The molecular weight excluding hydrogens is 444 g/mol. The molecule has 1 fully saturated rings. The fraction of sp³-hybridized carbons (Fsp3) is 0.286. The number of para-hydroxylation sites is 2. The number of hydrogen-bond donors (Lipinski definition) is 1. The highest BCUT2D eigenvalue weighted by Gasteiger charge is 2.26. The van der Waals surface area contributed by atoms with Crippen molar-refractivity contribution in [3.05, 3.63) is 59.1 Å². The van der Waals surface area contributed by atoms with Crippen LogP contribution in [0.4, 0.5) is 20.4 Å². The molecule has 1 atom stereocenters. The van der Waals surface area contributed by atoms with Gasteiger partial charge in [-0.05, 0) is 44.0 Å². The number of nitrogens with one attached hydrogen (secondary N) is 1. The van der Waals surface area contributed by atoms with Crippen molar-refractivity contribution in [2.75, 3.05) is 23.3 Å². The monoisotopic (exact) mass is 463 g/mol. The summed E-state index contributed by atoms with van der Waals surface area (Å²) in [7, 11) is 0. The lowest BCUT2D eigenvalue weighted by atomic mass is 10.3. The van der Waals surface area contributed by atoms with E-state index in [9.17, 15) is 13.6 Å². The van der Waals surface area contributed by atoms with Crippen molar-refractivity contribution in [1.82, 2.24) is 14.8 Å². The van der Waals surface area contributed by atoms with E-state index in [-0.39, 0.29) is 0 Å². The molecule has 0 radical (unpaired) electrons. The number of hydrogen-bond acceptors (Lipinski definition) is 5. The average Bonchev–Trinajstić information content (AvgIpc) is 3.41. The Kier molecular flexibility index (Phi) is 6.43. The maximum Gasteiger partial charge on any atom is 0.237 e. The third-order valence-electron chi connectivity index (χ3n) is 4.96. The van der Waals surface area contributed by atoms with Gasteiger partial charge in [-0.15, -0.1) is 10.2 Å². The zero-order valence-corrected chi connectivity index (χ0v) is 18.3. The average molecular weight is 464 g/mol. The van der Waals surface area contributed by atoms with Crippen LogP contribution in [0.25, 0.3) is 5.69 Å². The number of halogens is 3. The highest BCUT2D eigenvalue weighted by Crippen LogP contribution is 2.33. The molecule has 1 amide bonds. The summed E-state index contributed by atoms with van der Waals surface area (Å²) in [6, 6.07) is 10.7. The lowest BCUT2D eigenvalue weighted by Gasteiger charge is -2.19. The zero-order valence-electron chi connectivity index (χ0n) is 16.7. The van der Waals surface area contributed by atoms with Crippen LogP contribution in [-0.2, 0) is 4.79 Å². The number of thioether (sulfide) groups is 1. The summed E-state index contributed by atoms with van der Waals surface area (Å²) in [6.07, 6.45) is 2.12. The minimum absolute atomic E-state index is 0.464. The lowest BCUT2D eigenvalue weighted by Crippen LogP contribution is -2.24. The van der Waals surface area contributed by atoms with Gasteiger partial charge in [-0.2, -0.15) is 0 Å². The SMILES string of the molecule is CC(Sc1nnc(N2CCCC2)n1-c1ccccc1Cl)C(=O)Nc1c(F)cccc1F. The fourth-order valence-electron chi connectivity index (χ4n) is 3.36. The van der Waals surface area contributed by atoms with Gasteiger partial charge in [0.1, 0.15) is 17.3 Å². The van der Waals surface area contributed by atoms with E-state index in [0.717, 1.165) is 49.8 Å². The molecule has 1 unspecified atom stereocenters. The van der Waals surface area contributed by atoms with Crippen LogP contribution in [-0.4, -0.2) is 39.0 Å². The number of nitrogens with zero attached hydrogens (tertiary/aromatic N) is 4. The van der Waals surface area contributed by atoms with Gasteiger partial charge >= 0.3 is 0 Å². The predicted octanol–water partition coefficient (Wildman–Crippen LogP) is 4.92. The van der Waals surface area contributed by atoms with Crippen molar-refractivity contribution < 1.29 is 13.6 Å². The minimum atomic E-state index is -0.832. The van der Waals surface area contributed by atoms with E-state index >= 15 is 0 Å². The molecule has 0 saturated carbocycles. The first kappa shape index (κ1) is 21.6. The van der Waals surface area contributed by atoms with Crippen molar-refractivity contribution in [2.45, 2.75) is 30.2 Å². The Morgan fingerprint density at radius 3 is 2.45 bits per heavy atom. The number of rotatable bonds is 6. The predicted molar refractivity (Wildman–Crippen MR) is 118 cm³/mol. The molecule has 2 aromatic carbocycles. The molecule has 6 nitrogen and oxygen atoms in total. The van der Waals surface area contributed by atoms with Gasteiger partial charge in [0.2, 0.25) is 11.9 Å². The molecule has 1 aromatic heterocycles. The second-order valence-electron chi connectivity index (χ2n) is 7.11. The molecule has 31 heavy (non-hydrogen) atoms. The van der Waals surface area contributed by atoms with Crippen molar-refractivity contribution >= 4 is 40.9 Å². The maximum absolute atomic E-state index is 13.9. The molecule has 1 saturated heterocycles. The van der Waals surface area contributed by atoms with Gasteiger partial charge in [0, 0.05) is 13.1 Å². The van der Waals surface area contributed by atoms with Gasteiger partial charge in [-0.1, -0.05) is 41.6 Å². The normalized spacial score (nSPS) is 14.6.